The Morgan fingerprint density at radius 1 is 1.50 bits per heavy atom. The molecule has 3 heterocycles. The van der Waals surface area contributed by atoms with Gasteiger partial charge in [0.1, 0.15) is 17.1 Å². The summed E-state index contributed by atoms with van der Waals surface area (Å²) in [5.74, 6) is -0.927. The predicted octanol–water partition coefficient (Wildman–Crippen LogP) is 0.984. The molecular weight excluding hydrogens is 302 g/mol. The number of carboxylic acid groups (broad SMARTS) is 1. The van der Waals surface area contributed by atoms with Crippen molar-refractivity contribution in [1.82, 2.24) is 9.88 Å². The number of amides is 1. The van der Waals surface area contributed by atoms with E-state index in [1.165, 1.54) is 16.7 Å². The summed E-state index contributed by atoms with van der Waals surface area (Å²) < 4.78 is 0. The minimum absolute atomic E-state index is 0.0340. The van der Waals surface area contributed by atoms with E-state index in [2.05, 4.69) is 4.98 Å². The molecule has 22 heavy (non-hydrogen) atoms. The maximum Gasteiger partial charge on any atom is 0.352 e. The molecule has 2 aliphatic heterocycles. The van der Waals surface area contributed by atoms with Crippen molar-refractivity contribution in [2.24, 2.45) is 5.73 Å². The van der Waals surface area contributed by atoms with Crippen LogP contribution >= 0.6 is 11.8 Å². The number of fused-ring (bicyclic) bond motifs is 1. The average Bonchev–Trinajstić information content (AvgIpc) is 2.52. The Morgan fingerprint density at radius 2 is 2.27 bits per heavy atom. The standard InChI is InChI=1S/C15H15N3O3S/c1-8-2-3-9(6-17-8)4-5-10-7-22-14-11(16)13(19)18(14)12(10)15(20)21/h2-6,11,14H,7,16H2,1H3,(H,20,21)/b5-4-/t11-,14-/m1/s1. The van der Waals surface area contributed by atoms with Crippen LogP contribution in [0.5, 0.6) is 0 Å². The first-order chi connectivity index (χ1) is 10.5. The SMILES string of the molecule is Cc1ccc(/C=C\C2=C(C(=O)O)N3C(=O)[C@@H](N)[C@H]3SC2)cn1. The van der Waals surface area contributed by atoms with Gasteiger partial charge in [0.15, 0.2) is 0 Å². The van der Waals surface area contributed by atoms with Crippen molar-refractivity contribution < 1.29 is 14.7 Å². The molecule has 2 aliphatic rings. The van der Waals surface area contributed by atoms with E-state index in [1.807, 2.05) is 19.1 Å². The number of allylic oxidation sites excluding steroid dienone is 1. The van der Waals surface area contributed by atoms with E-state index in [0.717, 1.165) is 11.3 Å². The molecule has 0 saturated carbocycles. The maximum atomic E-state index is 11.8. The first-order valence-corrected chi connectivity index (χ1v) is 7.81. The quantitative estimate of drug-likeness (QED) is 0.807. The third-order valence-corrected chi connectivity index (χ3v) is 4.98. The molecule has 1 amide bonds. The van der Waals surface area contributed by atoms with E-state index in [-0.39, 0.29) is 17.0 Å². The second-order valence-corrected chi connectivity index (χ2v) is 6.29. The number of nitrogens with two attached hydrogens (primary N) is 1. The largest absolute Gasteiger partial charge is 0.477 e. The van der Waals surface area contributed by atoms with Gasteiger partial charge >= 0.3 is 5.97 Å². The lowest BCUT2D eigenvalue weighted by Gasteiger charge is -2.47. The Balaban J connectivity index is 1.91. The molecule has 2 atom stereocenters. The van der Waals surface area contributed by atoms with E-state index in [4.69, 9.17) is 5.73 Å². The van der Waals surface area contributed by atoms with Crippen molar-refractivity contribution >= 4 is 29.7 Å². The van der Waals surface area contributed by atoms with Gasteiger partial charge in [0.25, 0.3) is 0 Å². The molecule has 7 heteroatoms. The fraction of sp³-hybridized carbons (Fsp3) is 0.267. The van der Waals surface area contributed by atoms with Crippen LogP contribution in [0, 0.1) is 6.92 Å². The van der Waals surface area contributed by atoms with E-state index >= 15 is 0 Å². The van der Waals surface area contributed by atoms with E-state index in [9.17, 15) is 14.7 Å². The number of carboxylic acids is 1. The summed E-state index contributed by atoms with van der Waals surface area (Å²) in [6.45, 7) is 1.90. The number of hydrogen-bond acceptors (Lipinski definition) is 5. The highest BCUT2D eigenvalue weighted by molar-refractivity contribution is 8.00. The van der Waals surface area contributed by atoms with Crippen LogP contribution < -0.4 is 5.73 Å². The second-order valence-electron chi connectivity index (χ2n) is 5.18. The van der Waals surface area contributed by atoms with Gasteiger partial charge in [-0.3, -0.25) is 14.7 Å². The highest BCUT2D eigenvalue weighted by Crippen LogP contribution is 2.39. The van der Waals surface area contributed by atoms with Gasteiger partial charge in [-0.1, -0.05) is 18.2 Å². The highest BCUT2D eigenvalue weighted by atomic mass is 32.2. The molecule has 0 spiro atoms. The van der Waals surface area contributed by atoms with Crippen molar-refractivity contribution in [3.63, 3.8) is 0 Å². The topological polar surface area (TPSA) is 96.5 Å². The second kappa shape index (κ2) is 5.58. The number of aliphatic carboxylic acids is 1. The van der Waals surface area contributed by atoms with Gasteiger partial charge in [-0.05, 0) is 24.1 Å². The molecule has 0 radical (unpaired) electrons. The zero-order chi connectivity index (χ0) is 15.9. The first-order valence-electron chi connectivity index (χ1n) is 6.76. The van der Waals surface area contributed by atoms with Crippen LogP contribution in [0.4, 0.5) is 0 Å². The van der Waals surface area contributed by atoms with Gasteiger partial charge < -0.3 is 10.8 Å². The number of aryl methyl sites for hydroxylation is 1. The molecule has 1 saturated heterocycles. The molecule has 0 aromatic carbocycles. The molecule has 3 rings (SSSR count). The molecule has 1 aromatic heterocycles. The van der Waals surface area contributed by atoms with Crippen LogP contribution in [0.1, 0.15) is 11.3 Å². The number of carbonyl (C=O) groups excluding carboxylic acids is 1. The lowest BCUT2D eigenvalue weighted by Crippen LogP contribution is -2.68. The van der Waals surface area contributed by atoms with Crippen LogP contribution in [-0.4, -0.2) is 44.0 Å². The predicted molar refractivity (Wildman–Crippen MR) is 83.7 cm³/mol. The van der Waals surface area contributed by atoms with Crippen LogP contribution in [0.2, 0.25) is 0 Å². The molecule has 0 unspecified atom stereocenters. The molecule has 0 bridgehead atoms. The van der Waals surface area contributed by atoms with Crippen LogP contribution in [0.25, 0.3) is 6.08 Å². The minimum atomic E-state index is -1.10. The van der Waals surface area contributed by atoms with Gasteiger partial charge in [0.05, 0.1) is 0 Å². The lowest BCUT2D eigenvalue weighted by atomic mass is 10.0. The zero-order valence-corrected chi connectivity index (χ0v) is 12.7. The lowest BCUT2D eigenvalue weighted by molar-refractivity contribution is -0.147. The zero-order valence-electron chi connectivity index (χ0n) is 11.9. The van der Waals surface area contributed by atoms with Crippen molar-refractivity contribution in [2.75, 3.05) is 5.75 Å². The summed E-state index contributed by atoms with van der Waals surface area (Å²) in [5, 5.41) is 9.15. The Bertz CT molecular complexity index is 696. The minimum Gasteiger partial charge on any atom is -0.477 e. The van der Waals surface area contributed by atoms with E-state index < -0.39 is 12.0 Å². The van der Waals surface area contributed by atoms with Gasteiger partial charge in [-0.2, -0.15) is 0 Å². The summed E-state index contributed by atoms with van der Waals surface area (Å²) >= 11 is 1.48. The van der Waals surface area contributed by atoms with Crippen molar-refractivity contribution in [3.8, 4) is 0 Å². The summed E-state index contributed by atoms with van der Waals surface area (Å²) in [6.07, 6.45) is 5.25. The van der Waals surface area contributed by atoms with Gasteiger partial charge in [-0.25, -0.2) is 4.79 Å². The first kappa shape index (κ1) is 14.8. The Hall–Kier alpha value is -2.12. The highest BCUT2D eigenvalue weighted by Gasteiger charge is 2.51. The third kappa shape index (κ3) is 2.42. The number of nitrogens with zero attached hydrogens (tertiary/aromatic N) is 2. The molecule has 3 N–H and O–H groups in total. The number of thioether (sulfide) groups is 1. The smallest absolute Gasteiger partial charge is 0.352 e. The number of aromatic nitrogens is 1. The summed E-state index contributed by atoms with van der Waals surface area (Å²) in [7, 11) is 0. The van der Waals surface area contributed by atoms with E-state index in [1.54, 1.807) is 18.3 Å². The summed E-state index contributed by atoms with van der Waals surface area (Å²) in [4.78, 5) is 28.8. The van der Waals surface area contributed by atoms with Crippen LogP contribution in [-0.2, 0) is 9.59 Å². The summed E-state index contributed by atoms with van der Waals surface area (Å²) in [6, 6.07) is 3.19. The molecular formula is C15H15N3O3S. The normalized spacial score (nSPS) is 24.5. The number of β-lactam (4-membered cyclic amide) rings is 1. The molecule has 1 fully saturated rings. The average molecular weight is 317 g/mol. The fourth-order valence-corrected chi connectivity index (χ4v) is 3.71. The van der Waals surface area contributed by atoms with Crippen molar-refractivity contribution in [1.29, 1.82) is 0 Å². The fourth-order valence-electron chi connectivity index (χ4n) is 2.44. The summed E-state index contributed by atoms with van der Waals surface area (Å²) in [5.41, 5.74) is 8.14. The third-order valence-electron chi connectivity index (χ3n) is 3.65. The Morgan fingerprint density at radius 3 is 2.91 bits per heavy atom. The molecule has 6 nitrogen and oxygen atoms in total. The maximum absolute atomic E-state index is 11.8. The number of carbonyl (C=O) groups is 2. The van der Waals surface area contributed by atoms with Gasteiger partial charge in [0, 0.05) is 17.6 Å². The van der Waals surface area contributed by atoms with Crippen LogP contribution in [0.15, 0.2) is 35.7 Å². The number of hydrogen-bond donors (Lipinski definition) is 2. The molecule has 1 aromatic rings. The van der Waals surface area contributed by atoms with Crippen LogP contribution in [0.3, 0.4) is 0 Å². The van der Waals surface area contributed by atoms with Crippen molar-refractivity contribution in [2.45, 2.75) is 18.3 Å². The molecule has 114 valence electrons. The Labute approximate surface area is 131 Å². The Kier molecular flexibility index (Phi) is 3.76. The van der Waals surface area contributed by atoms with Gasteiger partial charge in [0.2, 0.25) is 5.91 Å². The molecule has 0 aliphatic carbocycles. The number of rotatable bonds is 3. The number of pyridine rings is 1. The van der Waals surface area contributed by atoms with Gasteiger partial charge in [-0.15, -0.1) is 11.8 Å². The van der Waals surface area contributed by atoms with Crippen molar-refractivity contribution in [3.05, 3.63) is 46.9 Å². The monoisotopic (exact) mass is 317 g/mol. The van der Waals surface area contributed by atoms with E-state index in [0.29, 0.717) is 11.3 Å².